The Bertz CT molecular complexity index is 3150. The van der Waals surface area contributed by atoms with Crippen molar-refractivity contribution in [2.24, 2.45) is 0 Å². The van der Waals surface area contributed by atoms with Crippen LogP contribution in [0.25, 0.3) is 88.1 Å². The van der Waals surface area contributed by atoms with E-state index in [1.165, 1.54) is 0 Å². The second kappa shape index (κ2) is 9.22. The van der Waals surface area contributed by atoms with Gasteiger partial charge in [0.2, 0.25) is 0 Å². The summed E-state index contributed by atoms with van der Waals surface area (Å²) in [7, 11) is 0. The fraction of sp³-hybridized carbons (Fsp3) is 0. The number of hydrogen-bond acceptors (Lipinski definition) is 1. The first-order valence-electron chi connectivity index (χ1n) is 18.7. The van der Waals surface area contributed by atoms with E-state index in [4.69, 9.17) is 15.4 Å². The van der Waals surface area contributed by atoms with Crippen LogP contribution in [0.4, 0.5) is 0 Å². The molecule has 0 aliphatic carbocycles. The van der Waals surface area contributed by atoms with Gasteiger partial charge in [0, 0.05) is 43.7 Å². The molecule has 3 heterocycles. The minimum atomic E-state index is -0.469. The molecule has 0 aliphatic heterocycles. The third-order valence-electron chi connectivity index (χ3n) is 8.77. The van der Waals surface area contributed by atoms with Crippen molar-refractivity contribution in [3.8, 4) is 22.5 Å². The first kappa shape index (κ1) is 17.9. The Morgan fingerprint density at radius 3 is 1.93 bits per heavy atom. The third-order valence-corrected chi connectivity index (χ3v) is 8.77. The number of benzene rings is 7. The van der Waals surface area contributed by atoms with Crippen LogP contribution >= 0.6 is 0 Å². The van der Waals surface area contributed by atoms with Gasteiger partial charge in [-0.1, -0.05) is 103 Å². The summed E-state index contributed by atoms with van der Waals surface area (Å²) in [5.74, 6) is 0. The first-order valence-corrected chi connectivity index (χ1v) is 14.7. The summed E-state index contributed by atoms with van der Waals surface area (Å²) in [6.45, 7) is 0. The van der Waals surface area contributed by atoms with E-state index in [1.807, 2.05) is 72.8 Å². The van der Waals surface area contributed by atoms with Crippen LogP contribution in [0.1, 0.15) is 11.0 Å². The van der Waals surface area contributed by atoms with Crippen molar-refractivity contribution in [3.05, 3.63) is 158 Å². The van der Waals surface area contributed by atoms with E-state index in [9.17, 15) is 0 Å². The van der Waals surface area contributed by atoms with Gasteiger partial charge in [-0.25, -0.2) is 0 Å². The normalized spacial score (nSPS) is 14.5. The summed E-state index contributed by atoms with van der Waals surface area (Å²) < 4.78 is 79.5. The standard InChI is InChI=1S/C42H26N2O/c1-5-18-36-31(13-1)32-14-2-6-19-37(32)43(36)29-23-24-34-33-15-3-7-20-38(33)44(39(34)26-29)28-12-9-11-27(25-28)30-17-10-22-41-42(30)35-16-4-8-21-40(35)45-41/h1-26H/i1D,2D,5D,6D,13D,14D,18D,19D. The van der Waals surface area contributed by atoms with Crippen molar-refractivity contribution in [1.29, 1.82) is 0 Å². The average Bonchev–Trinajstić information content (AvgIpc) is 3.85. The van der Waals surface area contributed by atoms with Crippen molar-refractivity contribution >= 4 is 65.6 Å². The van der Waals surface area contributed by atoms with Crippen molar-refractivity contribution in [2.45, 2.75) is 0 Å². The van der Waals surface area contributed by atoms with Gasteiger partial charge in [-0.15, -0.1) is 0 Å². The number of fused-ring (bicyclic) bond motifs is 9. The average molecular weight is 583 g/mol. The maximum absolute atomic E-state index is 8.99. The molecule has 0 unspecified atom stereocenters. The molecule has 3 nitrogen and oxygen atoms in total. The largest absolute Gasteiger partial charge is 0.456 e. The zero-order valence-electron chi connectivity index (χ0n) is 31.7. The van der Waals surface area contributed by atoms with Crippen molar-refractivity contribution in [1.82, 2.24) is 9.13 Å². The maximum atomic E-state index is 8.99. The number of furan rings is 1. The summed E-state index contributed by atoms with van der Waals surface area (Å²) in [5, 5.41) is 4.12. The lowest BCUT2D eigenvalue weighted by Crippen LogP contribution is -1.97. The van der Waals surface area contributed by atoms with Crippen molar-refractivity contribution in [2.75, 3.05) is 0 Å². The van der Waals surface area contributed by atoms with E-state index < -0.39 is 24.2 Å². The predicted molar refractivity (Wildman–Crippen MR) is 188 cm³/mol. The van der Waals surface area contributed by atoms with Crippen molar-refractivity contribution < 1.29 is 15.4 Å². The molecular formula is C42H26N2O. The van der Waals surface area contributed by atoms with Gasteiger partial charge in [0.05, 0.1) is 33.0 Å². The van der Waals surface area contributed by atoms with Crippen LogP contribution in [0.2, 0.25) is 0 Å². The first-order chi connectivity index (χ1) is 25.7. The van der Waals surface area contributed by atoms with Crippen molar-refractivity contribution in [3.63, 3.8) is 0 Å². The molecular weight excluding hydrogens is 548 g/mol. The Morgan fingerprint density at radius 2 is 1.09 bits per heavy atom. The van der Waals surface area contributed by atoms with E-state index in [1.54, 1.807) is 4.57 Å². The monoisotopic (exact) mass is 582 g/mol. The van der Waals surface area contributed by atoms with Gasteiger partial charge in [-0.3, -0.25) is 0 Å². The summed E-state index contributed by atoms with van der Waals surface area (Å²) in [5.41, 5.74) is 6.97. The lowest BCUT2D eigenvalue weighted by molar-refractivity contribution is 0.669. The fourth-order valence-corrected chi connectivity index (χ4v) is 6.88. The molecule has 0 N–H and O–H groups in total. The lowest BCUT2D eigenvalue weighted by Gasteiger charge is -2.13. The van der Waals surface area contributed by atoms with Gasteiger partial charge in [-0.05, 0) is 65.7 Å². The molecule has 210 valence electrons. The molecule has 0 spiro atoms. The quantitative estimate of drug-likeness (QED) is 0.203. The SMILES string of the molecule is [2H]c1c([2H])c([2H])c2c(c1[2H])c1c([2H])c([2H])c([2H])c([2H])c1n2-c1ccc2c3ccccc3n(-c3cccc(-c4cccc5oc6ccccc6c45)c3)c2c1. The van der Waals surface area contributed by atoms with Crippen LogP contribution in [0, 0.1) is 0 Å². The molecule has 3 heteroatoms. The Morgan fingerprint density at radius 1 is 0.444 bits per heavy atom. The number of rotatable bonds is 3. The second-order valence-corrected chi connectivity index (χ2v) is 11.2. The van der Waals surface area contributed by atoms with Gasteiger partial charge in [0.25, 0.3) is 0 Å². The highest BCUT2D eigenvalue weighted by Gasteiger charge is 2.17. The Balaban J connectivity index is 1.29. The smallest absolute Gasteiger partial charge is 0.136 e. The predicted octanol–water partition coefficient (Wildman–Crippen LogP) is 11.4. The van der Waals surface area contributed by atoms with E-state index in [0.29, 0.717) is 5.69 Å². The molecule has 3 aromatic heterocycles. The Kier molecular flexibility index (Phi) is 3.67. The Labute approximate surface area is 270 Å². The van der Waals surface area contributed by atoms with Crippen LogP contribution in [0.5, 0.6) is 0 Å². The van der Waals surface area contributed by atoms with Gasteiger partial charge >= 0.3 is 0 Å². The van der Waals surface area contributed by atoms with Gasteiger partial charge < -0.3 is 13.6 Å². The van der Waals surface area contributed by atoms with E-state index in [0.717, 1.165) is 60.6 Å². The molecule has 10 rings (SSSR count). The molecule has 0 amide bonds. The molecule has 45 heavy (non-hydrogen) atoms. The second-order valence-electron chi connectivity index (χ2n) is 11.2. The summed E-state index contributed by atoms with van der Waals surface area (Å²) in [6, 6.07) is 33.0. The molecule has 0 aliphatic rings. The summed E-state index contributed by atoms with van der Waals surface area (Å²) in [6.07, 6.45) is 0. The van der Waals surface area contributed by atoms with E-state index >= 15 is 0 Å². The van der Waals surface area contributed by atoms with Gasteiger partial charge in [0.1, 0.15) is 11.2 Å². The topological polar surface area (TPSA) is 23.0 Å². The van der Waals surface area contributed by atoms with Gasteiger partial charge in [0.15, 0.2) is 0 Å². The van der Waals surface area contributed by atoms with Crippen LogP contribution < -0.4 is 0 Å². The highest BCUT2D eigenvalue weighted by atomic mass is 16.3. The number of hydrogen-bond donors (Lipinski definition) is 0. The molecule has 0 radical (unpaired) electrons. The highest BCUT2D eigenvalue weighted by molar-refractivity contribution is 6.14. The third kappa shape index (κ3) is 3.46. The molecule has 0 saturated heterocycles. The molecule has 0 saturated carbocycles. The molecule has 0 atom stereocenters. The number of para-hydroxylation sites is 4. The fourth-order valence-electron chi connectivity index (χ4n) is 6.88. The van der Waals surface area contributed by atoms with E-state index in [-0.39, 0.29) is 46.0 Å². The van der Waals surface area contributed by atoms with Crippen LogP contribution in [-0.2, 0) is 0 Å². The minimum Gasteiger partial charge on any atom is -0.456 e. The zero-order valence-corrected chi connectivity index (χ0v) is 23.7. The summed E-state index contributed by atoms with van der Waals surface area (Å²) in [4.78, 5) is 0. The Hall–Kier alpha value is -6.06. The number of nitrogens with zero attached hydrogens (tertiary/aromatic N) is 2. The van der Waals surface area contributed by atoms with Crippen LogP contribution in [-0.4, -0.2) is 9.13 Å². The molecule has 0 bridgehead atoms. The lowest BCUT2D eigenvalue weighted by atomic mass is 9.99. The highest BCUT2D eigenvalue weighted by Crippen LogP contribution is 2.40. The van der Waals surface area contributed by atoms with E-state index in [2.05, 4.69) is 41.0 Å². The van der Waals surface area contributed by atoms with Crippen LogP contribution in [0.15, 0.2) is 162 Å². The molecule has 10 aromatic rings. The summed E-state index contributed by atoms with van der Waals surface area (Å²) >= 11 is 0. The zero-order chi connectivity index (χ0) is 36.4. The number of aromatic nitrogens is 2. The maximum Gasteiger partial charge on any atom is 0.136 e. The van der Waals surface area contributed by atoms with Gasteiger partial charge in [-0.2, -0.15) is 0 Å². The molecule has 7 aromatic carbocycles. The van der Waals surface area contributed by atoms with Crippen LogP contribution in [0.3, 0.4) is 0 Å². The minimum absolute atomic E-state index is 0.0484. The molecule has 0 fully saturated rings.